The number of aromatic amines is 1. The number of hydrogen-bond donors (Lipinski definition) is 3. The molecular formula is C29H23F2N5O. The van der Waals surface area contributed by atoms with Crippen molar-refractivity contribution in [2.45, 2.75) is 19.9 Å². The standard InChI is InChI=1S/C29H23F2N5O/c1-29(2,13-6-5-8-20-21-12-14-33-28(21)34-16-23(20)27(32)37)26(22-15-19(30)10-11-24(22)31)36-17-18-7-3-4-9-25(18)35-36/h3-4,7,9-12,14-15,17,26,33-34H,16H2,1-2H3,(H2,32,37). The smallest absolute Gasteiger partial charge is 0.247 e. The maximum absolute atomic E-state index is 15.0. The Bertz CT molecular complexity index is 1650. The van der Waals surface area contributed by atoms with Gasteiger partial charge in [0, 0.05) is 41.0 Å². The molecule has 0 bridgehead atoms. The third-order valence-electron chi connectivity index (χ3n) is 6.32. The lowest BCUT2D eigenvalue weighted by molar-refractivity contribution is -0.114. The summed E-state index contributed by atoms with van der Waals surface area (Å²) in [6.45, 7) is 3.90. The van der Waals surface area contributed by atoms with Crippen LogP contribution in [-0.4, -0.2) is 27.2 Å². The molecule has 4 N–H and O–H groups in total. The van der Waals surface area contributed by atoms with E-state index in [1.165, 1.54) is 6.07 Å². The summed E-state index contributed by atoms with van der Waals surface area (Å²) in [6, 6.07) is 11.9. The van der Waals surface area contributed by atoms with Crippen molar-refractivity contribution in [3.8, 4) is 23.7 Å². The number of fused-ring (bicyclic) bond motifs is 2. The Kier molecular flexibility index (Phi) is 6.02. The number of amides is 1. The third kappa shape index (κ3) is 4.57. The van der Waals surface area contributed by atoms with Gasteiger partial charge in [-0.2, -0.15) is 5.10 Å². The van der Waals surface area contributed by atoms with Crippen molar-refractivity contribution in [1.29, 1.82) is 0 Å². The van der Waals surface area contributed by atoms with Gasteiger partial charge in [0.05, 0.1) is 22.5 Å². The van der Waals surface area contributed by atoms with Gasteiger partial charge in [0.15, 0.2) is 0 Å². The number of rotatable bonds is 4. The minimum absolute atomic E-state index is 0.133. The summed E-state index contributed by atoms with van der Waals surface area (Å²) >= 11 is 0. The van der Waals surface area contributed by atoms with Crippen LogP contribution in [0.3, 0.4) is 0 Å². The van der Waals surface area contributed by atoms with Gasteiger partial charge in [0.25, 0.3) is 0 Å². The molecule has 0 radical (unpaired) electrons. The molecule has 1 amide bonds. The van der Waals surface area contributed by atoms with Gasteiger partial charge in [-0.25, -0.2) is 8.78 Å². The van der Waals surface area contributed by atoms with Gasteiger partial charge < -0.3 is 16.0 Å². The second-order valence-corrected chi connectivity index (χ2v) is 9.30. The number of anilines is 1. The van der Waals surface area contributed by atoms with Gasteiger partial charge in [-0.3, -0.25) is 9.48 Å². The van der Waals surface area contributed by atoms with Crippen molar-refractivity contribution < 1.29 is 13.6 Å². The third-order valence-corrected chi connectivity index (χ3v) is 6.32. The van der Waals surface area contributed by atoms with Crippen LogP contribution in [0.4, 0.5) is 14.6 Å². The number of hydrogen-bond acceptors (Lipinski definition) is 3. The first-order valence-electron chi connectivity index (χ1n) is 11.6. The highest BCUT2D eigenvalue weighted by atomic mass is 19.1. The average molecular weight is 496 g/mol. The fraction of sp³-hybridized carbons (Fsp3) is 0.172. The minimum Gasteiger partial charge on any atom is -0.367 e. The van der Waals surface area contributed by atoms with E-state index in [1.54, 1.807) is 23.1 Å². The Morgan fingerprint density at radius 3 is 2.76 bits per heavy atom. The van der Waals surface area contributed by atoms with Gasteiger partial charge in [-0.05, 0) is 56.0 Å². The molecule has 0 saturated carbocycles. The number of nitrogens with zero attached hydrogens (tertiary/aromatic N) is 2. The van der Waals surface area contributed by atoms with Crippen molar-refractivity contribution in [3.05, 3.63) is 89.3 Å². The molecular weight excluding hydrogens is 472 g/mol. The summed E-state index contributed by atoms with van der Waals surface area (Å²) < 4.78 is 30.9. The van der Waals surface area contributed by atoms with Gasteiger partial charge in [-0.1, -0.05) is 30.0 Å². The second-order valence-electron chi connectivity index (χ2n) is 9.30. The van der Waals surface area contributed by atoms with Gasteiger partial charge in [-0.15, -0.1) is 0 Å². The van der Waals surface area contributed by atoms with Crippen LogP contribution in [0.5, 0.6) is 0 Å². The monoisotopic (exact) mass is 495 g/mol. The van der Waals surface area contributed by atoms with Crippen LogP contribution < -0.4 is 11.1 Å². The lowest BCUT2D eigenvalue weighted by atomic mass is 9.80. The molecule has 0 aliphatic carbocycles. The maximum Gasteiger partial charge on any atom is 0.247 e. The predicted octanol–water partition coefficient (Wildman–Crippen LogP) is 4.63. The first-order chi connectivity index (χ1) is 17.7. The number of carbonyl (C=O) groups excluding carboxylic acids is 1. The molecule has 4 aromatic rings. The van der Waals surface area contributed by atoms with Crippen LogP contribution in [0.2, 0.25) is 0 Å². The van der Waals surface area contributed by atoms with E-state index >= 15 is 4.39 Å². The Morgan fingerprint density at radius 2 is 1.97 bits per heavy atom. The number of benzene rings is 2. The van der Waals surface area contributed by atoms with Crippen molar-refractivity contribution in [2.24, 2.45) is 11.1 Å². The molecule has 1 atom stereocenters. The first kappa shape index (κ1) is 23.9. The van der Waals surface area contributed by atoms with E-state index in [0.717, 1.165) is 34.4 Å². The first-order valence-corrected chi connectivity index (χ1v) is 11.6. The Labute approximate surface area is 212 Å². The number of allylic oxidation sites excluding steroid dienone is 1. The normalized spacial score (nSPS) is 13.6. The lowest BCUT2D eigenvalue weighted by Gasteiger charge is -2.30. The maximum atomic E-state index is 15.0. The van der Waals surface area contributed by atoms with Crippen LogP contribution in [0.25, 0.3) is 16.5 Å². The number of aromatic nitrogens is 3. The van der Waals surface area contributed by atoms with E-state index in [9.17, 15) is 9.18 Å². The summed E-state index contributed by atoms with van der Waals surface area (Å²) in [7, 11) is 0. The Balaban J connectivity index is 1.57. The van der Waals surface area contributed by atoms with Crippen LogP contribution >= 0.6 is 0 Å². The molecule has 1 aliphatic rings. The fourth-order valence-corrected chi connectivity index (χ4v) is 4.56. The number of halogens is 2. The Hall–Kier alpha value is -4.82. The van der Waals surface area contributed by atoms with Crippen LogP contribution in [0.15, 0.2) is 66.5 Å². The van der Waals surface area contributed by atoms with Gasteiger partial charge >= 0.3 is 0 Å². The van der Waals surface area contributed by atoms with Crippen molar-refractivity contribution in [3.63, 3.8) is 0 Å². The molecule has 37 heavy (non-hydrogen) atoms. The van der Waals surface area contributed by atoms with E-state index < -0.39 is 29.0 Å². The van der Waals surface area contributed by atoms with E-state index in [0.29, 0.717) is 11.1 Å². The van der Waals surface area contributed by atoms with E-state index in [-0.39, 0.29) is 12.1 Å². The zero-order chi connectivity index (χ0) is 26.2. The zero-order valence-electron chi connectivity index (χ0n) is 20.2. The molecule has 2 aromatic heterocycles. The molecule has 1 unspecified atom stereocenters. The summed E-state index contributed by atoms with van der Waals surface area (Å²) in [4.78, 5) is 15.0. The molecule has 3 heterocycles. The molecule has 184 valence electrons. The van der Waals surface area contributed by atoms with Gasteiger partial charge in [0.2, 0.25) is 5.91 Å². The largest absolute Gasteiger partial charge is 0.367 e. The Morgan fingerprint density at radius 1 is 1.16 bits per heavy atom. The molecule has 5 rings (SSSR count). The summed E-state index contributed by atoms with van der Waals surface area (Å²) in [5.74, 6) is 10.8. The number of carbonyl (C=O) groups is 1. The fourth-order valence-electron chi connectivity index (χ4n) is 4.56. The average Bonchev–Trinajstić information content (AvgIpc) is 3.50. The number of H-pyrrole nitrogens is 1. The van der Waals surface area contributed by atoms with Crippen molar-refractivity contribution >= 4 is 28.2 Å². The molecule has 6 nitrogen and oxygen atoms in total. The molecule has 1 aliphatic heterocycles. The van der Waals surface area contributed by atoms with Crippen LogP contribution in [0, 0.1) is 40.7 Å². The second kappa shape index (κ2) is 9.33. The van der Waals surface area contributed by atoms with Crippen molar-refractivity contribution in [2.75, 3.05) is 11.9 Å². The molecule has 0 saturated heterocycles. The quantitative estimate of drug-likeness (QED) is 0.361. The number of primary amides is 1. The van der Waals surface area contributed by atoms with E-state index in [1.807, 2.05) is 38.1 Å². The minimum atomic E-state index is -0.917. The SMILES string of the molecule is CC(C)(C#CC#CC1=C(C(N)=O)CNc2[nH]ccc21)C(c1cc(F)ccc1F)n1cc2ccccc2n1. The van der Waals surface area contributed by atoms with Crippen molar-refractivity contribution in [1.82, 2.24) is 14.8 Å². The van der Waals surface area contributed by atoms with Crippen LogP contribution in [0.1, 0.15) is 31.0 Å². The zero-order valence-corrected chi connectivity index (χ0v) is 20.2. The topological polar surface area (TPSA) is 88.7 Å². The summed E-state index contributed by atoms with van der Waals surface area (Å²) in [5.41, 5.74) is 7.10. The molecule has 8 heteroatoms. The molecule has 0 fully saturated rings. The van der Waals surface area contributed by atoms with E-state index in [2.05, 4.69) is 39.1 Å². The van der Waals surface area contributed by atoms with E-state index in [4.69, 9.17) is 5.73 Å². The highest BCUT2D eigenvalue weighted by molar-refractivity contribution is 6.07. The summed E-state index contributed by atoms with van der Waals surface area (Å²) in [6.07, 6.45) is 3.54. The highest BCUT2D eigenvalue weighted by Gasteiger charge is 2.34. The predicted molar refractivity (Wildman–Crippen MR) is 139 cm³/mol. The highest BCUT2D eigenvalue weighted by Crippen LogP contribution is 2.38. The number of nitrogens with one attached hydrogen (secondary N) is 2. The van der Waals surface area contributed by atoms with Gasteiger partial charge in [0.1, 0.15) is 17.5 Å². The molecule has 0 spiro atoms. The molecule has 2 aromatic carbocycles. The lowest BCUT2D eigenvalue weighted by Crippen LogP contribution is -2.28. The number of nitrogens with two attached hydrogens (primary N) is 1. The van der Waals surface area contributed by atoms with Crippen LogP contribution in [-0.2, 0) is 4.79 Å². The summed E-state index contributed by atoms with van der Waals surface area (Å²) in [5, 5.41) is 8.60.